The maximum absolute atomic E-state index is 12.2. The highest BCUT2D eigenvalue weighted by molar-refractivity contribution is 6.31. The van der Waals surface area contributed by atoms with Crippen molar-refractivity contribution >= 4 is 23.3 Å². The van der Waals surface area contributed by atoms with E-state index in [1.54, 1.807) is 12.1 Å². The molecule has 96 valence electrons. The third-order valence-electron chi connectivity index (χ3n) is 2.70. The number of Topliss-reactive ketones (excluding diaryl/α,β-unsaturated/α-hetero) is 1. The van der Waals surface area contributed by atoms with Crippen LogP contribution in [0.5, 0.6) is 5.75 Å². The molecule has 0 spiro atoms. The molecule has 0 amide bonds. The van der Waals surface area contributed by atoms with E-state index in [4.69, 9.17) is 21.1 Å². The van der Waals surface area contributed by atoms with Gasteiger partial charge in [0.05, 0.1) is 25.6 Å². The van der Waals surface area contributed by atoms with Crippen LogP contribution in [-0.4, -0.2) is 31.9 Å². The largest absolute Gasteiger partial charge is 0.496 e. The first-order valence-electron chi connectivity index (χ1n) is 5.65. The Bertz CT molecular complexity index is 511. The number of ether oxygens (including phenoxy) is 2. The Hall–Kier alpha value is -1.55. The summed E-state index contributed by atoms with van der Waals surface area (Å²) in [6, 6.07) is 3.38. The molecule has 1 aromatic rings. The third-order valence-corrected chi connectivity index (χ3v) is 2.92. The highest BCUT2D eigenvalue weighted by Crippen LogP contribution is 2.28. The summed E-state index contributed by atoms with van der Waals surface area (Å²) in [5, 5.41) is 0.519. The fraction of sp³-hybridized carbons (Fsp3) is 0.385. The van der Waals surface area contributed by atoms with Crippen LogP contribution in [0.4, 0.5) is 0 Å². The van der Waals surface area contributed by atoms with Crippen LogP contribution in [0.25, 0.3) is 0 Å². The second-order valence-corrected chi connectivity index (χ2v) is 4.46. The fourth-order valence-electron chi connectivity index (χ4n) is 1.93. The third kappa shape index (κ3) is 2.64. The molecule has 0 fully saturated rings. The topological polar surface area (TPSA) is 47.9 Å². The number of hydrogen-bond donors (Lipinski definition) is 0. The van der Waals surface area contributed by atoms with E-state index in [0.717, 1.165) is 5.56 Å². The van der Waals surface area contributed by atoms with Gasteiger partial charge in [0.2, 0.25) is 0 Å². The van der Waals surface area contributed by atoms with Crippen LogP contribution in [0.15, 0.2) is 17.1 Å². The minimum absolute atomic E-state index is 0.0990. The van der Waals surface area contributed by atoms with Gasteiger partial charge in [-0.05, 0) is 24.6 Å². The van der Waals surface area contributed by atoms with Gasteiger partial charge in [0.15, 0.2) is 11.7 Å². The first kappa shape index (κ1) is 12.9. The molecule has 0 radical (unpaired) electrons. The highest BCUT2D eigenvalue weighted by atomic mass is 35.5. The summed E-state index contributed by atoms with van der Waals surface area (Å²) in [6.07, 6.45) is 0.149. The van der Waals surface area contributed by atoms with Crippen LogP contribution in [-0.2, 0) is 4.74 Å². The highest BCUT2D eigenvalue weighted by Gasteiger charge is 2.19. The maximum Gasteiger partial charge on any atom is 0.191 e. The van der Waals surface area contributed by atoms with Gasteiger partial charge in [-0.2, -0.15) is 0 Å². The van der Waals surface area contributed by atoms with Crippen LogP contribution in [0, 0.1) is 6.92 Å². The Morgan fingerprint density at radius 3 is 2.94 bits per heavy atom. The van der Waals surface area contributed by atoms with Crippen LogP contribution in [0.3, 0.4) is 0 Å². The molecule has 1 aliphatic rings. The Labute approximate surface area is 111 Å². The summed E-state index contributed by atoms with van der Waals surface area (Å²) < 4.78 is 10.5. The van der Waals surface area contributed by atoms with Crippen molar-refractivity contribution in [3.8, 4) is 5.75 Å². The maximum atomic E-state index is 12.2. The number of rotatable bonds is 4. The van der Waals surface area contributed by atoms with E-state index in [-0.39, 0.29) is 12.2 Å². The van der Waals surface area contributed by atoms with Gasteiger partial charge >= 0.3 is 0 Å². The van der Waals surface area contributed by atoms with E-state index in [1.807, 2.05) is 6.92 Å². The minimum Gasteiger partial charge on any atom is -0.496 e. The van der Waals surface area contributed by atoms with Gasteiger partial charge in [-0.15, -0.1) is 0 Å². The summed E-state index contributed by atoms with van der Waals surface area (Å²) in [7, 11) is 1.54. The first-order valence-corrected chi connectivity index (χ1v) is 6.03. The number of benzene rings is 1. The molecule has 0 aliphatic carbocycles. The lowest BCUT2D eigenvalue weighted by Gasteiger charge is -2.11. The van der Waals surface area contributed by atoms with Crippen molar-refractivity contribution in [3.63, 3.8) is 0 Å². The minimum atomic E-state index is -0.0990. The van der Waals surface area contributed by atoms with Crippen molar-refractivity contribution < 1.29 is 14.3 Å². The zero-order chi connectivity index (χ0) is 13.1. The lowest BCUT2D eigenvalue weighted by molar-refractivity contribution is 0.0991. The molecule has 1 heterocycles. The Kier molecular flexibility index (Phi) is 3.87. The molecule has 2 rings (SSSR count). The van der Waals surface area contributed by atoms with Crippen molar-refractivity contribution in [1.82, 2.24) is 0 Å². The summed E-state index contributed by atoms with van der Waals surface area (Å²) in [5.41, 5.74) is 1.31. The predicted octanol–water partition coefficient (Wildman–Crippen LogP) is 2.66. The van der Waals surface area contributed by atoms with Crippen molar-refractivity contribution in [2.24, 2.45) is 4.99 Å². The van der Waals surface area contributed by atoms with Crippen molar-refractivity contribution in [2.45, 2.75) is 13.3 Å². The lowest BCUT2D eigenvalue weighted by atomic mass is 10.0. The number of carbonyl (C=O) groups is 1. The first-order chi connectivity index (χ1) is 8.61. The second kappa shape index (κ2) is 5.40. The van der Waals surface area contributed by atoms with Crippen LogP contribution in [0.2, 0.25) is 5.02 Å². The molecule has 4 nitrogen and oxygen atoms in total. The van der Waals surface area contributed by atoms with Gasteiger partial charge in [-0.25, -0.2) is 0 Å². The number of hydrogen-bond acceptors (Lipinski definition) is 4. The molecule has 0 bridgehead atoms. The smallest absolute Gasteiger partial charge is 0.191 e. The standard InChI is InChI=1S/C13H14ClNO3/c1-8-5-9(14)6-10(13(8)17-2)11(16)7-12-15-3-4-18-12/h5-6H,3-4,7H2,1-2H3. The molecule has 0 N–H and O–H groups in total. The van der Waals surface area contributed by atoms with E-state index in [1.165, 1.54) is 7.11 Å². The number of aryl methyl sites for hydroxylation is 1. The number of methoxy groups -OCH3 is 1. The van der Waals surface area contributed by atoms with Gasteiger partial charge in [0, 0.05) is 5.02 Å². The molecule has 5 heteroatoms. The molecule has 0 aromatic heterocycles. The fourth-order valence-corrected chi connectivity index (χ4v) is 2.20. The van der Waals surface area contributed by atoms with E-state index in [2.05, 4.69) is 4.99 Å². The molecule has 1 aliphatic heterocycles. The molecule has 0 saturated heterocycles. The average molecular weight is 268 g/mol. The van der Waals surface area contributed by atoms with Gasteiger partial charge in [-0.3, -0.25) is 9.79 Å². The van der Waals surface area contributed by atoms with E-state index in [0.29, 0.717) is 35.4 Å². The average Bonchev–Trinajstić information content (AvgIpc) is 2.80. The Morgan fingerprint density at radius 2 is 2.33 bits per heavy atom. The van der Waals surface area contributed by atoms with Gasteiger partial charge in [-0.1, -0.05) is 11.6 Å². The Balaban J connectivity index is 2.28. The number of nitrogens with zero attached hydrogens (tertiary/aromatic N) is 1. The molecule has 1 aromatic carbocycles. The van der Waals surface area contributed by atoms with E-state index < -0.39 is 0 Å². The summed E-state index contributed by atoms with van der Waals surface area (Å²) in [6.45, 7) is 3.02. The van der Waals surface area contributed by atoms with Crippen molar-refractivity contribution in [1.29, 1.82) is 0 Å². The molecule has 0 saturated carbocycles. The molecular formula is C13H14ClNO3. The zero-order valence-corrected chi connectivity index (χ0v) is 11.1. The quantitative estimate of drug-likeness (QED) is 0.788. The van der Waals surface area contributed by atoms with Gasteiger partial charge in [0.25, 0.3) is 0 Å². The van der Waals surface area contributed by atoms with Crippen LogP contribution < -0.4 is 4.74 Å². The number of aliphatic imine (C=N–C) groups is 1. The van der Waals surface area contributed by atoms with E-state index >= 15 is 0 Å². The number of ketones is 1. The Morgan fingerprint density at radius 1 is 1.56 bits per heavy atom. The molecule has 18 heavy (non-hydrogen) atoms. The van der Waals surface area contributed by atoms with Gasteiger partial charge < -0.3 is 9.47 Å². The monoisotopic (exact) mass is 267 g/mol. The molecule has 0 atom stereocenters. The normalized spacial score (nSPS) is 14.1. The van der Waals surface area contributed by atoms with Crippen molar-refractivity contribution in [3.05, 3.63) is 28.3 Å². The number of halogens is 1. The second-order valence-electron chi connectivity index (χ2n) is 4.03. The zero-order valence-electron chi connectivity index (χ0n) is 10.3. The summed E-state index contributed by atoms with van der Waals surface area (Å²) in [4.78, 5) is 16.3. The summed E-state index contributed by atoms with van der Waals surface area (Å²) in [5.74, 6) is 0.945. The van der Waals surface area contributed by atoms with Gasteiger partial charge in [0.1, 0.15) is 12.4 Å². The van der Waals surface area contributed by atoms with Crippen LogP contribution in [0.1, 0.15) is 22.3 Å². The van der Waals surface area contributed by atoms with Crippen molar-refractivity contribution in [2.75, 3.05) is 20.3 Å². The predicted molar refractivity (Wildman–Crippen MR) is 69.9 cm³/mol. The molecule has 0 unspecified atom stereocenters. The molecular weight excluding hydrogens is 254 g/mol. The lowest BCUT2D eigenvalue weighted by Crippen LogP contribution is -2.10. The van der Waals surface area contributed by atoms with Crippen LogP contribution >= 0.6 is 11.6 Å². The summed E-state index contributed by atoms with van der Waals surface area (Å²) >= 11 is 5.97. The SMILES string of the molecule is COc1c(C)cc(Cl)cc1C(=O)CC1=NCCO1. The van der Waals surface area contributed by atoms with E-state index in [9.17, 15) is 4.79 Å². The number of carbonyl (C=O) groups excluding carboxylic acids is 1.